The molecule has 6 heteroatoms. The molecular weight excluding hydrogens is 412 g/mol. The highest BCUT2D eigenvalue weighted by Crippen LogP contribution is 2.30. The van der Waals surface area contributed by atoms with Crippen molar-refractivity contribution < 1.29 is 9.59 Å². The first-order valence-corrected chi connectivity index (χ1v) is 12.4. The van der Waals surface area contributed by atoms with Gasteiger partial charge in [0.15, 0.2) is 0 Å². The van der Waals surface area contributed by atoms with Gasteiger partial charge in [0.2, 0.25) is 0 Å². The van der Waals surface area contributed by atoms with Crippen LogP contribution in [0.3, 0.4) is 0 Å². The molecule has 3 N–H and O–H groups in total. The second kappa shape index (κ2) is 10.7. The maximum atomic E-state index is 13.2. The highest BCUT2D eigenvalue weighted by atomic mass is 16.2. The van der Waals surface area contributed by atoms with Gasteiger partial charge in [0.05, 0.1) is 5.56 Å². The van der Waals surface area contributed by atoms with Crippen LogP contribution < -0.4 is 20.9 Å². The fourth-order valence-corrected chi connectivity index (χ4v) is 4.78. The van der Waals surface area contributed by atoms with Crippen LogP contribution in [-0.2, 0) is 13.0 Å². The third kappa shape index (κ3) is 5.86. The molecule has 33 heavy (non-hydrogen) atoms. The van der Waals surface area contributed by atoms with Crippen molar-refractivity contribution >= 4 is 23.3 Å². The van der Waals surface area contributed by atoms with Crippen molar-refractivity contribution in [2.24, 2.45) is 0 Å². The number of urea groups is 1. The monoisotopic (exact) mass is 448 g/mol. The number of anilines is 2. The van der Waals surface area contributed by atoms with Crippen LogP contribution in [0.25, 0.3) is 0 Å². The van der Waals surface area contributed by atoms with Crippen molar-refractivity contribution in [3.05, 3.63) is 59.2 Å². The molecule has 0 radical (unpaired) electrons. The molecule has 2 aromatic carbocycles. The lowest BCUT2D eigenvalue weighted by atomic mass is 9.96. The van der Waals surface area contributed by atoms with Gasteiger partial charge in [-0.2, -0.15) is 0 Å². The predicted octanol–water partition coefficient (Wildman–Crippen LogP) is 5.23. The summed E-state index contributed by atoms with van der Waals surface area (Å²) < 4.78 is 0. The molecule has 0 aromatic heterocycles. The van der Waals surface area contributed by atoms with E-state index in [1.807, 2.05) is 25.1 Å². The van der Waals surface area contributed by atoms with E-state index in [0.29, 0.717) is 11.3 Å². The van der Waals surface area contributed by atoms with Crippen molar-refractivity contribution in [1.29, 1.82) is 0 Å². The summed E-state index contributed by atoms with van der Waals surface area (Å²) in [5.74, 6) is -0.102. The van der Waals surface area contributed by atoms with Gasteiger partial charge >= 0.3 is 6.03 Å². The number of carbonyl (C=O) groups is 2. The molecule has 3 amide bonds. The van der Waals surface area contributed by atoms with Crippen LogP contribution in [0.2, 0.25) is 0 Å². The van der Waals surface area contributed by atoms with Gasteiger partial charge in [0.1, 0.15) is 0 Å². The molecule has 2 aliphatic rings. The number of nitrogens with zero attached hydrogens (tertiary/aromatic N) is 1. The Hall–Kier alpha value is -3.02. The van der Waals surface area contributed by atoms with E-state index in [1.165, 1.54) is 30.4 Å². The largest absolute Gasteiger partial charge is 0.366 e. The Labute approximate surface area is 197 Å². The van der Waals surface area contributed by atoms with Gasteiger partial charge in [0.25, 0.3) is 5.91 Å². The summed E-state index contributed by atoms with van der Waals surface area (Å²) in [6.45, 7) is 5.69. The van der Waals surface area contributed by atoms with Crippen LogP contribution in [0.1, 0.15) is 73.9 Å². The minimum Gasteiger partial charge on any atom is -0.366 e. The fourth-order valence-electron chi connectivity index (χ4n) is 4.78. The minimum atomic E-state index is -0.199. The zero-order valence-corrected chi connectivity index (χ0v) is 19.8. The number of carbonyl (C=O) groups excluding carboxylic acids is 2. The molecule has 0 saturated heterocycles. The number of rotatable bonds is 6. The highest BCUT2D eigenvalue weighted by molar-refractivity contribution is 6.02. The Morgan fingerprint density at radius 1 is 1.06 bits per heavy atom. The standard InChI is InChI=1S/C27H36N4O2/c1-3-19(2)28-26(32)24-17-23(30-27(33)29-22-11-5-4-6-12-22)13-14-25(24)31-16-15-20-9-7-8-10-21(20)18-31/h7-10,13-14,17,19,22H,3-6,11-12,15-16,18H2,1-2H3,(H,28,32)(H2,29,30,33). The highest BCUT2D eigenvalue weighted by Gasteiger charge is 2.23. The number of fused-ring (bicyclic) bond motifs is 1. The second-order valence-electron chi connectivity index (χ2n) is 9.39. The number of benzene rings is 2. The lowest BCUT2D eigenvalue weighted by Crippen LogP contribution is -2.39. The molecule has 0 spiro atoms. The summed E-state index contributed by atoms with van der Waals surface area (Å²) in [7, 11) is 0. The van der Waals surface area contributed by atoms with Gasteiger partial charge in [-0.05, 0) is 61.9 Å². The molecule has 1 atom stereocenters. The van der Waals surface area contributed by atoms with Crippen molar-refractivity contribution in [1.82, 2.24) is 10.6 Å². The lowest BCUT2D eigenvalue weighted by molar-refractivity contribution is 0.0939. The summed E-state index contributed by atoms with van der Waals surface area (Å²) in [5, 5.41) is 9.13. The van der Waals surface area contributed by atoms with Gasteiger partial charge < -0.3 is 20.9 Å². The van der Waals surface area contributed by atoms with Crippen molar-refractivity contribution in [2.45, 2.75) is 77.4 Å². The number of nitrogens with one attached hydrogen (secondary N) is 3. The quantitative estimate of drug-likeness (QED) is 0.566. The summed E-state index contributed by atoms with van der Waals surface area (Å²) >= 11 is 0. The smallest absolute Gasteiger partial charge is 0.319 e. The van der Waals surface area contributed by atoms with Crippen LogP contribution >= 0.6 is 0 Å². The Balaban J connectivity index is 1.54. The van der Waals surface area contributed by atoms with E-state index >= 15 is 0 Å². The van der Waals surface area contributed by atoms with E-state index < -0.39 is 0 Å². The fraction of sp³-hybridized carbons (Fsp3) is 0.481. The molecule has 6 nitrogen and oxygen atoms in total. The molecular formula is C27H36N4O2. The molecule has 1 heterocycles. The zero-order valence-electron chi connectivity index (χ0n) is 19.8. The Kier molecular flexibility index (Phi) is 7.53. The van der Waals surface area contributed by atoms with Crippen LogP contribution in [0, 0.1) is 0 Å². The maximum Gasteiger partial charge on any atom is 0.319 e. The summed E-state index contributed by atoms with van der Waals surface area (Å²) in [5.41, 5.74) is 4.82. The van der Waals surface area contributed by atoms with E-state index in [1.54, 1.807) is 0 Å². The average Bonchev–Trinajstić information content (AvgIpc) is 2.84. The summed E-state index contributed by atoms with van der Waals surface area (Å²) in [4.78, 5) is 28.1. The zero-order chi connectivity index (χ0) is 23.2. The van der Waals surface area contributed by atoms with E-state index in [4.69, 9.17) is 0 Å². The van der Waals surface area contributed by atoms with Crippen LogP contribution in [0.15, 0.2) is 42.5 Å². The van der Waals surface area contributed by atoms with E-state index in [-0.39, 0.29) is 24.0 Å². The second-order valence-corrected chi connectivity index (χ2v) is 9.39. The number of hydrogen-bond acceptors (Lipinski definition) is 3. The Bertz CT molecular complexity index is 984. The maximum absolute atomic E-state index is 13.2. The van der Waals surface area contributed by atoms with E-state index in [9.17, 15) is 9.59 Å². The summed E-state index contributed by atoms with van der Waals surface area (Å²) in [6.07, 6.45) is 7.46. The molecule has 1 saturated carbocycles. The third-order valence-corrected chi connectivity index (χ3v) is 6.90. The molecule has 176 valence electrons. The van der Waals surface area contributed by atoms with Gasteiger partial charge in [0, 0.05) is 36.5 Å². The third-order valence-electron chi connectivity index (χ3n) is 6.90. The normalized spacial score (nSPS) is 17.1. The molecule has 1 fully saturated rings. The lowest BCUT2D eigenvalue weighted by Gasteiger charge is -2.32. The number of hydrogen-bond donors (Lipinski definition) is 3. The molecule has 0 bridgehead atoms. The van der Waals surface area contributed by atoms with E-state index in [2.05, 4.69) is 52.0 Å². The van der Waals surface area contributed by atoms with Gasteiger partial charge in [-0.15, -0.1) is 0 Å². The predicted molar refractivity (Wildman–Crippen MR) is 134 cm³/mol. The summed E-state index contributed by atoms with van der Waals surface area (Å²) in [6, 6.07) is 14.3. The molecule has 1 unspecified atom stereocenters. The molecule has 1 aliphatic heterocycles. The van der Waals surface area contributed by atoms with Crippen molar-refractivity contribution in [3.63, 3.8) is 0 Å². The Morgan fingerprint density at radius 3 is 2.58 bits per heavy atom. The minimum absolute atomic E-state index is 0.0821. The molecule has 4 rings (SSSR count). The van der Waals surface area contributed by atoms with Crippen LogP contribution in [0.4, 0.5) is 16.2 Å². The van der Waals surface area contributed by atoms with Crippen molar-refractivity contribution in [2.75, 3.05) is 16.8 Å². The Morgan fingerprint density at radius 2 is 1.82 bits per heavy atom. The SMILES string of the molecule is CCC(C)NC(=O)c1cc(NC(=O)NC2CCCCC2)ccc1N1CCc2ccccc2C1. The van der Waals surface area contributed by atoms with Crippen LogP contribution in [-0.4, -0.2) is 30.6 Å². The molecule has 2 aromatic rings. The van der Waals surface area contributed by atoms with Gasteiger partial charge in [-0.25, -0.2) is 4.79 Å². The first-order chi connectivity index (χ1) is 16.0. The van der Waals surface area contributed by atoms with E-state index in [0.717, 1.165) is 44.5 Å². The van der Waals surface area contributed by atoms with Gasteiger partial charge in [-0.1, -0.05) is 50.5 Å². The van der Waals surface area contributed by atoms with Crippen LogP contribution in [0.5, 0.6) is 0 Å². The topological polar surface area (TPSA) is 73.5 Å². The molecule has 1 aliphatic carbocycles. The first kappa shape index (κ1) is 23.1. The van der Waals surface area contributed by atoms with Crippen molar-refractivity contribution in [3.8, 4) is 0 Å². The van der Waals surface area contributed by atoms with Gasteiger partial charge in [-0.3, -0.25) is 4.79 Å². The average molecular weight is 449 g/mol. The first-order valence-electron chi connectivity index (χ1n) is 12.4. The number of amides is 3.